The topological polar surface area (TPSA) is 0 Å². The molecule has 0 aromatic rings. The van der Waals surface area contributed by atoms with Crippen LogP contribution in [0.5, 0.6) is 0 Å². The van der Waals surface area contributed by atoms with Gasteiger partial charge in [0.2, 0.25) is 0 Å². The summed E-state index contributed by atoms with van der Waals surface area (Å²) in [6.07, 6.45) is -5.61. The maximum absolute atomic E-state index is 11.7. The van der Waals surface area contributed by atoms with E-state index in [4.69, 9.17) is 0 Å². The van der Waals surface area contributed by atoms with E-state index in [9.17, 15) is 22.0 Å². The zero-order chi connectivity index (χ0) is 8.58. The van der Waals surface area contributed by atoms with Crippen LogP contribution in [-0.2, 0) is 0 Å². The molecule has 0 aliphatic rings. The van der Waals surface area contributed by atoms with E-state index in [2.05, 4.69) is 18.5 Å². The van der Waals surface area contributed by atoms with Gasteiger partial charge in [0.15, 0.2) is 0 Å². The van der Waals surface area contributed by atoms with Gasteiger partial charge in [-0.05, 0) is 6.92 Å². The monoisotopic (exact) mass is 181 g/mol. The van der Waals surface area contributed by atoms with Crippen molar-refractivity contribution in [3.63, 3.8) is 0 Å². The second-order valence-corrected chi connectivity index (χ2v) is 2.12. The number of halogens is 6. The number of hydrogen-bond donors (Lipinski definition) is 0. The summed E-state index contributed by atoms with van der Waals surface area (Å²) in [4.78, 5) is 0. The minimum absolute atomic E-state index is 2.37. The predicted molar refractivity (Wildman–Crippen MR) is 26.0 cm³/mol. The lowest BCUT2D eigenvalue weighted by atomic mass is 10.2. The molecule has 0 aromatic carbocycles. The molecule has 1 unspecified atom stereocenters. The highest BCUT2D eigenvalue weighted by molar-refractivity contribution is 6.21. The van der Waals surface area contributed by atoms with Crippen molar-refractivity contribution in [3.05, 3.63) is 6.92 Å². The summed E-state index contributed by atoms with van der Waals surface area (Å²) < 4.78 is 57.1. The van der Waals surface area contributed by atoms with Crippen molar-refractivity contribution in [2.24, 2.45) is 0 Å². The van der Waals surface area contributed by atoms with E-state index in [-0.39, 0.29) is 0 Å². The summed E-state index contributed by atoms with van der Waals surface area (Å²) in [7, 11) is 0. The second kappa shape index (κ2) is 2.53. The molecule has 0 N–H and O–H groups in total. The van der Waals surface area contributed by atoms with Gasteiger partial charge in [0.1, 0.15) is 5.38 Å². The molecule has 1 radical (unpaired) electrons. The molecule has 0 amide bonds. The highest BCUT2D eigenvalue weighted by Crippen LogP contribution is 2.39. The van der Waals surface area contributed by atoms with Crippen LogP contribution >= 0.6 is 11.6 Å². The molecule has 0 fully saturated rings. The van der Waals surface area contributed by atoms with E-state index in [0.29, 0.717) is 0 Å². The third-order valence-corrected chi connectivity index (χ3v) is 1.05. The molecule has 61 valence electrons. The van der Waals surface area contributed by atoms with Crippen LogP contribution < -0.4 is 0 Å². The molecule has 0 saturated carbocycles. The first-order valence-corrected chi connectivity index (χ1v) is 2.55. The third kappa shape index (κ3) is 1.71. The van der Waals surface area contributed by atoms with Crippen molar-refractivity contribution < 1.29 is 22.0 Å². The Morgan fingerprint density at radius 2 is 1.40 bits per heavy atom. The molecular formula is C4H3ClF5. The Bertz CT molecular complexity index is 115. The van der Waals surface area contributed by atoms with Crippen molar-refractivity contribution in [1.29, 1.82) is 0 Å². The number of alkyl halides is 6. The van der Waals surface area contributed by atoms with Gasteiger partial charge >= 0.3 is 12.1 Å². The van der Waals surface area contributed by atoms with Gasteiger partial charge in [0, 0.05) is 0 Å². The summed E-state index contributed by atoms with van der Waals surface area (Å²) in [6.45, 7) is 2.37. The lowest BCUT2D eigenvalue weighted by Gasteiger charge is -2.20. The van der Waals surface area contributed by atoms with Crippen LogP contribution in [-0.4, -0.2) is 17.5 Å². The van der Waals surface area contributed by atoms with Crippen LogP contribution in [0.2, 0.25) is 0 Å². The van der Waals surface area contributed by atoms with Crippen molar-refractivity contribution in [3.8, 4) is 0 Å². The lowest BCUT2D eigenvalue weighted by molar-refractivity contribution is -0.278. The second-order valence-electron chi connectivity index (χ2n) is 1.59. The molecular weight excluding hydrogens is 178 g/mol. The van der Waals surface area contributed by atoms with Gasteiger partial charge in [-0.1, -0.05) is 0 Å². The zero-order valence-electron chi connectivity index (χ0n) is 4.55. The fraction of sp³-hybridized carbons (Fsp3) is 0.750. The molecule has 6 heteroatoms. The zero-order valence-corrected chi connectivity index (χ0v) is 5.31. The van der Waals surface area contributed by atoms with Crippen molar-refractivity contribution in [1.82, 2.24) is 0 Å². The van der Waals surface area contributed by atoms with Crippen LogP contribution in [0.15, 0.2) is 0 Å². The van der Waals surface area contributed by atoms with Crippen LogP contribution in [0, 0.1) is 6.92 Å². The molecule has 0 aliphatic heterocycles. The lowest BCUT2D eigenvalue weighted by Crippen LogP contribution is -2.43. The van der Waals surface area contributed by atoms with Crippen molar-refractivity contribution >= 4 is 11.6 Å². The molecule has 0 aliphatic carbocycles. The fourth-order valence-corrected chi connectivity index (χ4v) is 0.301. The van der Waals surface area contributed by atoms with Gasteiger partial charge in [-0.25, -0.2) is 0 Å². The van der Waals surface area contributed by atoms with E-state index in [0.717, 1.165) is 0 Å². The third-order valence-electron chi connectivity index (χ3n) is 0.771. The molecule has 0 heterocycles. The summed E-state index contributed by atoms with van der Waals surface area (Å²) >= 11 is 4.47. The quantitative estimate of drug-likeness (QED) is 0.431. The van der Waals surface area contributed by atoms with Gasteiger partial charge in [-0.3, -0.25) is 0 Å². The van der Waals surface area contributed by atoms with Gasteiger partial charge in [-0.2, -0.15) is 22.0 Å². The van der Waals surface area contributed by atoms with Crippen LogP contribution in [0.25, 0.3) is 0 Å². The molecule has 0 aromatic heterocycles. The van der Waals surface area contributed by atoms with Gasteiger partial charge < -0.3 is 0 Å². The maximum atomic E-state index is 11.7. The summed E-state index contributed by atoms with van der Waals surface area (Å²) in [5.74, 6) is -4.91. The van der Waals surface area contributed by atoms with Crippen LogP contribution in [0.1, 0.15) is 0 Å². The van der Waals surface area contributed by atoms with Crippen LogP contribution in [0.4, 0.5) is 22.0 Å². The van der Waals surface area contributed by atoms with E-state index in [1.165, 1.54) is 0 Å². The van der Waals surface area contributed by atoms with Crippen LogP contribution in [0.3, 0.4) is 0 Å². The molecule has 0 bridgehead atoms. The molecule has 0 saturated heterocycles. The average molecular weight is 182 g/mol. The average Bonchev–Trinajstić information content (AvgIpc) is 1.62. The van der Waals surface area contributed by atoms with Gasteiger partial charge in [0.05, 0.1) is 0 Å². The van der Waals surface area contributed by atoms with Crippen molar-refractivity contribution in [2.75, 3.05) is 0 Å². The maximum Gasteiger partial charge on any atom is 0.454 e. The summed E-state index contributed by atoms with van der Waals surface area (Å²) in [6, 6.07) is 0. The van der Waals surface area contributed by atoms with E-state index in [1.807, 2.05) is 0 Å². The fourth-order valence-electron chi connectivity index (χ4n) is 0.178. The Labute approximate surface area is 59.0 Å². The first kappa shape index (κ1) is 9.94. The van der Waals surface area contributed by atoms with Gasteiger partial charge in [-0.15, -0.1) is 11.6 Å². The smallest absolute Gasteiger partial charge is 0.195 e. The molecule has 0 nitrogen and oxygen atoms in total. The number of hydrogen-bond acceptors (Lipinski definition) is 0. The Morgan fingerprint density at radius 1 is 1.10 bits per heavy atom. The van der Waals surface area contributed by atoms with E-state index < -0.39 is 17.5 Å². The van der Waals surface area contributed by atoms with E-state index in [1.54, 1.807) is 0 Å². The summed E-state index contributed by atoms with van der Waals surface area (Å²) in [5.41, 5.74) is 0. The normalized spacial score (nSPS) is 17.1. The molecule has 0 rings (SSSR count). The van der Waals surface area contributed by atoms with E-state index >= 15 is 0 Å². The minimum atomic E-state index is -5.61. The summed E-state index contributed by atoms with van der Waals surface area (Å²) in [5, 5.41) is -2.48. The highest BCUT2D eigenvalue weighted by Gasteiger charge is 2.60. The first-order valence-electron chi connectivity index (χ1n) is 2.11. The number of rotatable bonds is 1. The van der Waals surface area contributed by atoms with Crippen molar-refractivity contribution in [2.45, 2.75) is 17.5 Å². The Hall–Kier alpha value is -0.0600. The standard InChI is InChI=1S/C4H3ClF5/c1-2(5)3(6,7)4(8,9)10/h2H,1H2. The van der Waals surface area contributed by atoms with Gasteiger partial charge in [0.25, 0.3) is 0 Å². The minimum Gasteiger partial charge on any atom is -0.195 e. The SMILES string of the molecule is [CH2]C(Cl)C(F)(F)C(F)(F)F. The Kier molecular flexibility index (Phi) is 2.51. The Morgan fingerprint density at radius 3 is 1.40 bits per heavy atom. The molecule has 10 heavy (non-hydrogen) atoms. The predicted octanol–water partition coefficient (Wildman–Crippen LogP) is 2.63. The Balaban J connectivity index is 4.40. The molecule has 0 spiro atoms. The highest BCUT2D eigenvalue weighted by atomic mass is 35.5. The molecule has 1 atom stereocenters. The first-order chi connectivity index (χ1) is 4.19. The largest absolute Gasteiger partial charge is 0.454 e.